The molecule has 76 valence electrons. The van der Waals surface area contributed by atoms with Crippen LogP contribution in [0.15, 0.2) is 18.3 Å². The monoisotopic (exact) mass is 192 g/mol. The SMILES string of the molecule is CNc1ccc(N2CCNCC2)nc1. The number of anilines is 2. The second-order valence-corrected chi connectivity index (χ2v) is 3.39. The van der Waals surface area contributed by atoms with E-state index in [9.17, 15) is 0 Å². The molecular weight excluding hydrogens is 176 g/mol. The van der Waals surface area contributed by atoms with Gasteiger partial charge in [0.05, 0.1) is 11.9 Å². The van der Waals surface area contributed by atoms with E-state index in [2.05, 4.69) is 32.7 Å². The molecule has 1 fully saturated rings. The van der Waals surface area contributed by atoms with Crippen LogP contribution in [0.4, 0.5) is 11.5 Å². The van der Waals surface area contributed by atoms with Gasteiger partial charge in [-0.1, -0.05) is 0 Å². The first-order valence-corrected chi connectivity index (χ1v) is 4.99. The quantitative estimate of drug-likeness (QED) is 0.717. The molecule has 1 aromatic rings. The topological polar surface area (TPSA) is 40.2 Å². The van der Waals surface area contributed by atoms with Crippen molar-refractivity contribution in [3.63, 3.8) is 0 Å². The third kappa shape index (κ3) is 1.96. The van der Waals surface area contributed by atoms with Crippen molar-refractivity contribution < 1.29 is 0 Å². The molecule has 14 heavy (non-hydrogen) atoms. The lowest BCUT2D eigenvalue weighted by Gasteiger charge is -2.28. The van der Waals surface area contributed by atoms with Crippen LogP contribution in [0, 0.1) is 0 Å². The fourth-order valence-electron chi connectivity index (χ4n) is 1.61. The number of nitrogens with zero attached hydrogens (tertiary/aromatic N) is 2. The van der Waals surface area contributed by atoms with Gasteiger partial charge in [-0.05, 0) is 12.1 Å². The summed E-state index contributed by atoms with van der Waals surface area (Å²) in [5.74, 6) is 1.07. The standard InChI is InChI=1S/C10H16N4/c1-11-9-2-3-10(13-8-9)14-6-4-12-5-7-14/h2-3,8,11-12H,4-7H2,1H3. The maximum absolute atomic E-state index is 4.41. The Morgan fingerprint density at radius 1 is 1.36 bits per heavy atom. The minimum atomic E-state index is 1.05. The van der Waals surface area contributed by atoms with Gasteiger partial charge < -0.3 is 15.5 Å². The third-order valence-corrected chi connectivity index (χ3v) is 2.48. The molecule has 0 aliphatic carbocycles. The van der Waals surface area contributed by atoms with Crippen LogP contribution in [-0.2, 0) is 0 Å². The number of rotatable bonds is 2. The molecule has 0 radical (unpaired) electrons. The number of hydrogen-bond donors (Lipinski definition) is 2. The largest absolute Gasteiger partial charge is 0.387 e. The summed E-state index contributed by atoms with van der Waals surface area (Å²) in [6.07, 6.45) is 1.87. The lowest BCUT2D eigenvalue weighted by Crippen LogP contribution is -2.43. The zero-order chi connectivity index (χ0) is 9.80. The first-order chi connectivity index (χ1) is 6.90. The highest BCUT2D eigenvalue weighted by Crippen LogP contribution is 2.13. The summed E-state index contributed by atoms with van der Waals surface area (Å²) in [7, 11) is 1.90. The van der Waals surface area contributed by atoms with Gasteiger partial charge in [0.25, 0.3) is 0 Å². The Balaban J connectivity index is 2.07. The molecule has 2 heterocycles. The minimum Gasteiger partial charge on any atom is -0.387 e. The molecule has 1 aromatic heterocycles. The molecule has 1 saturated heterocycles. The molecule has 0 unspecified atom stereocenters. The van der Waals surface area contributed by atoms with Gasteiger partial charge in [-0.2, -0.15) is 0 Å². The van der Waals surface area contributed by atoms with E-state index < -0.39 is 0 Å². The molecular formula is C10H16N4. The van der Waals surface area contributed by atoms with Crippen LogP contribution in [0.2, 0.25) is 0 Å². The molecule has 0 amide bonds. The van der Waals surface area contributed by atoms with Crippen molar-refractivity contribution in [3.8, 4) is 0 Å². The zero-order valence-electron chi connectivity index (χ0n) is 8.45. The molecule has 0 aromatic carbocycles. The third-order valence-electron chi connectivity index (χ3n) is 2.48. The molecule has 2 N–H and O–H groups in total. The van der Waals surface area contributed by atoms with Crippen molar-refractivity contribution in [1.29, 1.82) is 0 Å². The van der Waals surface area contributed by atoms with E-state index in [0.717, 1.165) is 37.7 Å². The number of nitrogens with one attached hydrogen (secondary N) is 2. The number of hydrogen-bond acceptors (Lipinski definition) is 4. The van der Waals surface area contributed by atoms with E-state index in [1.54, 1.807) is 0 Å². The average Bonchev–Trinajstić information content (AvgIpc) is 2.30. The highest BCUT2D eigenvalue weighted by Gasteiger charge is 2.10. The van der Waals surface area contributed by atoms with E-state index >= 15 is 0 Å². The van der Waals surface area contributed by atoms with E-state index in [1.807, 2.05) is 13.2 Å². The lowest BCUT2D eigenvalue weighted by atomic mass is 10.3. The fourth-order valence-corrected chi connectivity index (χ4v) is 1.61. The maximum atomic E-state index is 4.41. The summed E-state index contributed by atoms with van der Waals surface area (Å²) in [6.45, 7) is 4.20. The number of aromatic nitrogens is 1. The van der Waals surface area contributed by atoms with Gasteiger partial charge >= 0.3 is 0 Å². The van der Waals surface area contributed by atoms with Crippen LogP contribution in [0.1, 0.15) is 0 Å². The second kappa shape index (κ2) is 4.28. The van der Waals surface area contributed by atoms with Crippen molar-refractivity contribution in [3.05, 3.63) is 18.3 Å². The predicted octanol–water partition coefficient (Wildman–Crippen LogP) is 0.533. The average molecular weight is 192 g/mol. The first kappa shape index (κ1) is 9.27. The van der Waals surface area contributed by atoms with Gasteiger partial charge in [-0.15, -0.1) is 0 Å². The van der Waals surface area contributed by atoms with Crippen LogP contribution in [0.25, 0.3) is 0 Å². The van der Waals surface area contributed by atoms with Crippen molar-refractivity contribution in [1.82, 2.24) is 10.3 Å². The summed E-state index contributed by atoms with van der Waals surface area (Å²) in [6, 6.07) is 4.13. The van der Waals surface area contributed by atoms with Crippen molar-refractivity contribution in [2.24, 2.45) is 0 Å². The maximum Gasteiger partial charge on any atom is 0.128 e. The summed E-state index contributed by atoms with van der Waals surface area (Å²) < 4.78 is 0. The van der Waals surface area contributed by atoms with Crippen LogP contribution >= 0.6 is 0 Å². The van der Waals surface area contributed by atoms with Crippen LogP contribution in [0.3, 0.4) is 0 Å². The molecule has 2 rings (SSSR count). The summed E-state index contributed by atoms with van der Waals surface area (Å²) >= 11 is 0. The number of pyridine rings is 1. The Bertz CT molecular complexity index is 277. The van der Waals surface area contributed by atoms with E-state index in [4.69, 9.17) is 0 Å². The highest BCUT2D eigenvalue weighted by molar-refractivity contribution is 5.48. The summed E-state index contributed by atoms with van der Waals surface area (Å²) in [4.78, 5) is 6.71. The zero-order valence-corrected chi connectivity index (χ0v) is 8.45. The molecule has 1 aliphatic heterocycles. The smallest absolute Gasteiger partial charge is 0.128 e. The Morgan fingerprint density at radius 3 is 2.71 bits per heavy atom. The molecule has 4 nitrogen and oxygen atoms in total. The highest BCUT2D eigenvalue weighted by atomic mass is 15.2. The van der Waals surface area contributed by atoms with Gasteiger partial charge in [0.15, 0.2) is 0 Å². The van der Waals surface area contributed by atoms with Gasteiger partial charge in [-0.3, -0.25) is 0 Å². The summed E-state index contributed by atoms with van der Waals surface area (Å²) in [5, 5.41) is 6.39. The van der Waals surface area contributed by atoms with Crippen LogP contribution in [0.5, 0.6) is 0 Å². The molecule has 0 bridgehead atoms. The Morgan fingerprint density at radius 2 is 2.14 bits per heavy atom. The minimum absolute atomic E-state index is 1.05. The normalized spacial score (nSPS) is 16.8. The van der Waals surface area contributed by atoms with E-state index in [-0.39, 0.29) is 0 Å². The predicted molar refractivity (Wildman–Crippen MR) is 58.9 cm³/mol. The fraction of sp³-hybridized carbons (Fsp3) is 0.500. The van der Waals surface area contributed by atoms with Gasteiger partial charge in [0, 0.05) is 33.2 Å². The van der Waals surface area contributed by atoms with E-state index in [0.29, 0.717) is 0 Å². The molecule has 4 heteroatoms. The van der Waals surface area contributed by atoms with Gasteiger partial charge in [-0.25, -0.2) is 4.98 Å². The Kier molecular flexibility index (Phi) is 2.84. The summed E-state index contributed by atoms with van der Waals surface area (Å²) in [5.41, 5.74) is 1.06. The Labute approximate surface area is 84.3 Å². The molecule has 0 saturated carbocycles. The lowest BCUT2D eigenvalue weighted by molar-refractivity contribution is 0.585. The second-order valence-electron chi connectivity index (χ2n) is 3.39. The molecule has 0 atom stereocenters. The molecule has 1 aliphatic rings. The van der Waals surface area contributed by atoms with Gasteiger partial charge in [0.2, 0.25) is 0 Å². The van der Waals surface area contributed by atoms with Crippen molar-refractivity contribution in [2.45, 2.75) is 0 Å². The van der Waals surface area contributed by atoms with Crippen LogP contribution in [-0.4, -0.2) is 38.2 Å². The van der Waals surface area contributed by atoms with Crippen LogP contribution < -0.4 is 15.5 Å². The van der Waals surface area contributed by atoms with Gasteiger partial charge in [0.1, 0.15) is 5.82 Å². The Hall–Kier alpha value is -1.29. The number of piperazine rings is 1. The van der Waals surface area contributed by atoms with E-state index in [1.165, 1.54) is 0 Å². The van der Waals surface area contributed by atoms with Crippen molar-refractivity contribution >= 4 is 11.5 Å². The van der Waals surface area contributed by atoms with Crippen molar-refractivity contribution in [2.75, 3.05) is 43.4 Å². The molecule has 0 spiro atoms. The first-order valence-electron chi connectivity index (χ1n) is 4.99.